The standard InChI is InChI=1S/C16H21ClO2/c1-5-16(2,3)14(15(18)19-4)11-8-12-6-9-13(17)10-7-12/h6-7,9-11H,5,8H2,1-4H3. The summed E-state index contributed by atoms with van der Waals surface area (Å²) in [5, 5.41) is 0.717. The molecule has 0 unspecified atom stereocenters. The lowest BCUT2D eigenvalue weighted by Gasteiger charge is -2.24. The molecule has 0 aliphatic heterocycles. The molecule has 1 aromatic rings. The van der Waals surface area contributed by atoms with E-state index in [0.717, 1.165) is 22.6 Å². The van der Waals surface area contributed by atoms with Gasteiger partial charge in [-0.25, -0.2) is 4.79 Å². The number of rotatable bonds is 5. The summed E-state index contributed by atoms with van der Waals surface area (Å²) >= 11 is 5.85. The Labute approximate surface area is 120 Å². The van der Waals surface area contributed by atoms with Crippen LogP contribution in [0.25, 0.3) is 0 Å². The van der Waals surface area contributed by atoms with Gasteiger partial charge in [0.1, 0.15) is 0 Å². The molecule has 0 aliphatic rings. The number of allylic oxidation sites excluding steroid dienone is 1. The first-order chi connectivity index (χ1) is 8.90. The van der Waals surface area contributed by atoms with E-state index in [1.54, 1.807) is 0 Å². The average Bonchev–Trinajstić information content (AvgIpc) is 2.40. The second kappa shape index (κ2) is 6.76. The molecule has 0 heterocycles. The minimum atomic E-state index is -0.249. The van der Waals surface area contributed by atoms with E-state index < -0.39 is 0 Å². The Morgan fingerprint density at radius 1 is 1.32 bits per heavy atom. The molecule has 0 saturated heterocycles. The molecule has 2 nitrogen and oxygen atoms in total. The first-order valence-electron chi connectivity index (χ1n) is 6.44. The van der Waals surface area contributed by atoms with Crippen LogP contribution in [0.1, 0.15) is 32.8 Å². The van der Waals surface area contributed by atoms with E-state index in [4.69, 9.17) is 16.3 Å². The molecule has 0 amide bonds. The molecular weight excluding hydrogens is 260 g/mol. The summed E-state index contributed by atoms with van der Waals surface area (Å²) in [7, 11) is 1.42. The topological polar surface area (TPSA) is 26.3 Å². The second-order valence-electron chi connectivity index (χ2n) is 5.18. The maximum absolute atomic E-state index is 11.9. The lowest BCUT2D eigenvalue weighted by molar-refractivity contribution is -0.137. The van der Waals surface area contributed by atoms with Gasteiger partial charge in [0.05, 0.1) is 7.11 Å². The third-order valence-corrected chi connectivity index (χ3v) is 3.73. The van der Waals surface area contributed by atoms with Crippen molar-refractivity contribution in [3.05, 3.63) is 46.5 Å². The molecule has 0 radical (unpaired) electrons. The highest BCUT2D eigenvalue weighted by molar-refractivity contribution is 6.30. The third-order valence-electron chi connectivity index (χ3n) is 3.47. The number of ether oxygens (including phenoxy) is 1. The molecule has 1 rings (SSSR count). The molecule has 0 N–H and O–H groups in total. The fourth-order valence-corrected chi connectivity index (χ4v) is 1.90. The van der Waals surface area contributed by atoms with E-state index in [1.807, 2.05) is 30.3 Å². The summed E-state index contributed by atoms with van der Waals surface area (Å²) in [5.74, 6) is -0.249. The van der Waals surface area contributed by atoms with E-state index >= 15 is 0 Å². The molecule has 0 fully saturated rings. The van der Waals surface area contributed by atoms with Crippen molar-refractivity contribution in [3.8, 4) is 0 Å². The van der Waals surface area contributed by atoms with Crippen molar-refractivity contribution >= 4 is 17.6 Å². The summed E-state index contributed by atoms with van der Waals surface area (Å²) in [6, 6.07) is 7.64. The van der Waals surface area contributed by atoms with E-state index in [2.05, 4.69) is 20.8 Å². The number of hydrogen-bond donors (Lipinski definition) is 0. The van der Waals surface area contributed by atoms with Crippen molar-refractivity contribution in [2.24, 2.45) is 5.41 Å². The summed E-state index contributed by atoms with van der Waals surface area (Å²) in [5.41, 5.74) is 1.67. The van der Waals surface area contributed by atoms with Crippen LogP contribution in [0, 0.1) is 5.41 Å². The normalized spacial score (nSPS) is 12.4. The number of carbonyl (C=O) groups is 1. The lowest BCUT2D eigenvalue weighted by atomic mass is 9.81. The van der Waals surface area contributed by atoms with Gasteiger partial charge >= 0.3 is 5.97 Å². The van der Waals surface area contributed by atoms with Gasteiger partial charge in [-0.15, -0.1) is 0 Å². The van der Waals surface area contributed by atoms with Gasteiger partial charge in [-0.05, 0) is 36.0 Å². The zero-order chi connectivity index (χ0) is 14.5. The van der Waals surface area contributed by atoms with Crippen LogP contribution in [0.2, 0.25) is 5.02 Å². The Bertz CT molecular complexity index is 458. The predicted octanol–water partition coefficient (Wildman–Crippen LogP) is 4.42. The highest BCUT2D eigenvalue weighted by atomic mass is 35.5. The molecule has 0 bridgehead atoms. The highest BCUT2D eigenvalue weighted by Gasteiger charge is 2.27. The molecular formula is C16H21ClO2. The Morgan fingerprint density at radius 2 is 1.89 bits per heavy atom. The zero-order valence-corrected chi connectivity index (χ0v) is 12.8. The molecule has 19 heavy (non-hydrogen) atoms. The van der Waals surface area contributed by atoms with Crippen LogP contribution in [0.5, 0.6) is 0 Å². The Hall–Kier alpha value is -1.28. The van der Waals surface area contributed by atoms with Crippen LogP contribution in [0.15, 0.2) is 35.9 Å². The molecule has 3 heteroatoms. The minimum absolute atomic E-state index is 0.181. The SMILES string of the molecule is CCC(C)(C)C(=CCc1ccc(Cl)cc1)C(=O)OC. The first-order valence-corrected chi connectivity index (χ1v) is 6.82. The molecule has 104 valence electrons. The monoisotopic (exact) mass is 280 g/mol. The van der Waals surface area contributed by atoms with Crippen LogP contribution in [-0.4, -0.2) is 13.1 Å². The largest absolute Gasteiger partial charge is 0.466 e. The van der Waals surface area contributed by atoms with Gasteiger partial charge in [0.2, 0.25) is 0 Å². The van der Waals surface area contributed by atoms with Crippen molar-refractivity contribution in [1.82, 2.24) is 0 Å². The van der Waals surface area contributed by atoms with Crippen molar-refractivity contribution in [1.29, 1.82) is 0 Å². The van der Waals surface area contributed by atoms with Crippen molar-refractivity contribution in [2.45, 2.75) is 33.6 Å². The number of benzene rings is 1. The first kappa shape index (κ1) is 15.8. The average molecular weight is 281 g/mol. The van der Waals surface area contributed by atoms with E-state index in [9.17, 15) is 4.79 Å². The van der Waals surface area contributed by atoms with Crippen LogP contribution in [0.4, 0.5) is 0 Å². The quantitative estimate of drug-likeness (QED) is 0.589. The molecule has 0 atom stereocenters. The van der Waals surface area contributed by atoms with Gasteiger partial charge in [-0.3, -0.25) is 0 Å². The fraction of sp³-hybridized carbons (Fsp3) is 0.438. The van der Waals surface area contributed by atoms with E-state index in [-0.39, 0.29) is 11.4 Å². The maximum atomic E-state index is 11.9. The van der Waals surface area contributed by atoms with Gasteiger partial charge in [-0.2, -0.15) is 0 Å². The predicted molar refractivity (Wildman–Crippen MR) is 79.3 cm³/mol. The lowest BCUT2D eigenvalue weighted by Crippen LogP contribution is -2.22. The second-order valence-corrected chi connectivity index (χ2v) is 5.61. The number of methoxy groups -OCH3 is 1. The van der Waals surface area contributed by atoms with Gasteiger partial charge in [0.25, 0.3) is 0 Å². The molecule has 0 aromatic heterocycles. The Morgan fingerprint density at radius 3 is 2.37 bits per heavy atom. The highest BCUT2D eigenvalue weighted by Crippen LogP contribution is 2.31. The van der Waals surface area contributed by atoms with Gasteiger partial charge in [-0.1, -0.05) is 50.6 Å². The summed E-state index contributed by atoms with van der Waals surface area (Å²) in [6.45, 7) is 6.17. The number of esters is 1. The van der Waals surface area contributed by atoms with Gasteiger partial charge in [0.15, 0.2) is 0 Å². The third kappa shape index (κ3) is 4.39. The molecule has 0 aliphatic carbocycles. The van der Waals surface area contributed by atoms with Crippen molar-refractivity contribution in [2.75, 3.05) is 7.11 Å². The smallest absolute Gasteiger partial charge is 0.333 e. The molecule has 0 saturated carbocycles. The molecule has 1 aromatic carbocycles. The number of carbonyl (C=O) groups excluding carboxylic acids is 1. The fourth-order valence-electron chi connectivity index (χ4n) is 1.78. The van der Waals surface area contributed by atoms with E-state index in [0.29, 0.717) is 6.42 Å². The number of hydrogen-bond acceptors (Lipinski definition) is 2. The molecule has 0 spiro atoms. The summed E-state index contributed by atoms with van der Waals surface area (Å²) < 4.78 is 4.88. The van der Waals surface area contributed by atoms with Crippen LogP contribution >= 0.6 is 11.6 Å². The number of halogens is 1. The Kier molecular flexibility index (Phi) is 5.61. The van der Waals surface area contributed by atoms with Gasteiger partial charge < -0.3 is 4.74 Å². The summed E-state index contributed by atoms with van der Waals surface area (Å²) in [4.78, 5) is 11.9. The van der Waals surface area contributed by atoms with Crippen LogP contribution < -0.4 is 0 Å². The zero-order valence-electron chi connectivity index (χ0n) is 12.0. The maximum Gasteiger partial charge on any atom is 0.333 e. The summed E-state index contributed by atoms with van der Waals surface area (Å²) in [6.07, 6.45) is 3.54. The Balaban J connectivity index is 2.95. The van der Waals surface area contributed by atoms with Crippen LogP contribution in [0.3, 0.4) is 0 Å². The van der Waals surface area contributed by atoms with Crippen LogP contribution in [-0.2, 0) is 16.0 Å². The van der Waals surface area contributed by atoms with E-state index in [1.165, 1.54) is 7.11 Å². The minimum Gasteiger partial charge on any atom is -0.466 e. The van der Waals surface area contributed by atoms with Crippen molar-refractivity contribution in [3.63, 3.8) is 0 Å². The van der Waals surface area contributed by atoms with Crippen molar-refractivity contribution < 1.29 is 9.53 Å². The van der Waals surface area contributed by atoms with Gasteiger partial charge in [0, 0.05) is 10.6 Å².